The molecule has 1 aromatic heterocycles. The molecule has 0 spiro atoms. The summed E-state index contributed by atoms with van der Waals surface area (Å²) in [5.41, 5.74) is 0.847. The van der Waals surface area contributed by atoms with Crippen molar-refractivity contribution in [2.75, 3.05) is 0 Å². The highest BCUT2D eigenvalue weighted by Gasteiger charge is 2.31. The van der Waals surface area contributed by atoms with E-state index in [0.29, 0.717) is 14.8 Å². The molecule has 0 aliphatic rings. The van der Waals surface area contributed by atoms with Crippen molar-refractivity contribution in [3.05, 3.63) is 37.7 Å². The Bertz CT molecular complexity index is 664. The topological polar surface area (TPSA) is 42.1 Å². The van der Waals surface area contributed by atoms with Crippen molar-refractivity contribution in [3.8, 4) is 5.75 Å². The summed E-state index contributed by atoms with van der Waals surface area (Å²) in [6, 6.07) is 3.64. The van der Waals surface area contributed by atoms with E-state index in [-0.39, 0.29) is 10.8 Å². The zero-order valence-corrected chi connectivity index (χ0v) is 11.2. The first-order valence-corrected chi connectivity index (χ1v) is 5.94. The smallest absolute Gasteiger partial charge is 0.406 e. The molecule has 0 fully saturated rings. The molecule has 1 heterocycles. The number of aromatic amines is 1. The van der Waals surface area contributed by atoms with Crippen LogP contribution in [0.5, 0.6) is 5.75 Å². The number of aryl methyl sites for hydroxylation is 1. The molecule has 0 unspecified atom stereocenters. The third-order valence-corrected chi connectivity index (χ3v) is 3.62. The molecular weight excluding hydrogens is 362 g/mol. The second-order valence-electron chi connectivity index (χ2n) is 3.65. The highest BCUT2D eigenvalue weighted by molar-refractivity contribution is 14.1. The van der Waals surface area contributed by atoms with Crippen molar-refractivity contribution in [2.24, 2.45) is 0 Å². The minimum Gasteiger partial charge on any atom is -0.406 e. The van der Waals surface area contributed by atoms with Crippen LogP contribution < -0.4 is 10.2 Å². The number of H-pyrrole nitrogens is 1. The standard InChI is InChI=1S/C11H7F3INO2/c1-5-9(15)10(17)7-4-6(18-11(12,13)14)2-3-8(7)16-5/h2-4H,1H3,(H,16,17). The number of hydrogen-bond donors (Lipinski definition) is 1. The lowest BCUT2D eigenvalue weighted by molar-refractivity contribution is -0.274. The SMILES string of the molecule is Cc1[nH]c2ccc(OC(F)(F)F)cc2c(=O)c1I. The van der Waals surface area contributed by atoms with Crippen molar-refractivity contribution in [1.82, 2.24) is 4.98 Å². The quantitative estimate of drug-likeness (QED) is 0.784. The van der Waals surface area contributed by atoms with E-state index in [9.17, 15) is 18.0 Å². The van der Waals surface area contributed by atoms with Gasteiger partial charge in [0.15, 0.2) is 0 Å². The maximum atomic E-state index is 12.1. The first-order valence-electron chi connectivity index (χ1n) is 4.86. The predicted molar refractivity (Wildman–Crippen MR) is 68.7 cm³/mol. The fourth-order valence-corrected chi connectivity index (χ4v) is 1.99. The second kappa shape index (κ2) is 4.45. The molecule has 1 N–H and O–H groups in total. The van der Waals surface area contributed by atoms with Crippen LogP contribution in [0.15, 0.2) is 23.0 Å². The number of pyridine rings is 1. The normalized spacial score (nSPS) is 11.8. The summed E-state index contributed by atoms with van der Waals surface area (Å²) in [5.74, 6) is -0.403. The van der Waals surface area contributed by atoms with Crippen LogP contribution in [0.2, 0.25) is 0 Å². The summed E-state index contributed by atoms with van der Waals surface area (Å²) in [5, 5.41) is 0.173. The van der Waals surface area contributed by atoms with Crippen molar-refractivity contribution < 1.29 is 17.9 Å². The van der Waals surface area contributed by atoms with Crippen molar-refractivity contribution in [2.45, 2.75) is 13.3 Å². The Balaban J connectivity index is 2.62. The summed E-state index contributed by atoms with van der Waals surface area (Å²) in [6.45, 7) is 1.72. The van der Waals surface area contributed by atoms with Crippen LogP contribution in [-0.2, 0) is 0 Å². The van der Waals surface area contributed by atoms with Crippen molar-refractivity contribution in [3.63, 3.8) is 0 Å². The summed E-state index contributed by atoms with van der Waals surface area (Å²) in [6.07, 6.45) is -4.77. The van der Waals surface area contributed by atoms with Crippen LogP contribution in [0.1, 0.15) is 5.69 Å². The van der Waals surface area contributed by atoms with E-state index in [4.69, 9.17) is 0 Å². The van der Waals surface area contributed by atoms with E-state index in [2.05, 4.69) is 9.72 Å². The number of ether oxygens (including phenoxy) is 1. The Kier molecular flexibility index (Phi) is 3.26. The number of alkyl halides is 3. The lowest BCUT2D eigenvalue weighted by Crippen LogP contribution is -2.17. The van der Waals surface area contributed by atoms with Gasteiger partial charge in [0, 0.05) is 11.2 Å². The van der Waals surface area contributed by atoms with Gasteiger partial charge < -0.3 is 9.72 Å². The molecule has 0 amide bonds. The Hall–Kier alpha value is -1.25. The average molecular weight is 369 g/mol. The van der Waals surface area contributed by atoms with Gasteiger partial charge in [-0.15, -0.1) is 13.2 Å². The summed E-state index contributed by atoms with van der Waals surface area (Å²) in [7, 11) is 0. The zero-order valence-electron chi connectivity index (χ0n) is 9.06. The lowest BCUT2D eigenvalue weighted by atomic mass is 10.2. The Labute approximate surface area is 113 Å². The maximum absolute atomic E-state index is 12.1. The average Bonchev–Trinajstić information content (AvgIpc) is 2.25. The molecule has 7 heteroatoms. The van der Waals surface area contributed by atoms with Gasteiger partial charge in [-0.2, -0.15) is 0 Å². The minimum atomic E-state index is -4.77. The molecule has 96 valence electrons. The van der Waals surface area contributed by atoms with Gasteiger partial charge in [-0.05, 0) is 47.7 Å². The van der Waals surface area contributed by atoms with Gasteiger partial charge in [0.25, 0.3) is 0 Å². The molecule has 0 bridgehead atoms. The summed E-state index contributed by atoms with van der Waals surface area (Å²) >= 11 is 1.85. The van der Waals surface area contributed by atoms with Gasteiger partial charge in [-0.1, -0.05) is 0 Å². The van der Waals surface area contributed by atoms with Crippen molar-refractivity contribution in [1.29, 1.82) is 0 Å². The first kappa shape index (κ1) is 13.2. The Morgan fingerprint density at radius 3 is 2.61 bits per heavy atom. The van der Waals surface area contributed by atoms with E-state index in [0.717, 1.165) is 12.1 Å². The van der Waals surface area contributed by atoms with E-state index in [1.807, 2.05) is 22.6 Å². The Morgan fingerprint density at radius 2 is 2.00 bits per heavy atom. The number of aromatic nitrogens is 1. The number of nitrogens with one attached hydrogen (secondary N) is 1. The molecule has 0 atom stereocenters. The monoisotopic (exact) mass is 369 g/mol. The summed E-state index contributed by atoms with van der Waals surface area (Å²) < 4.78 is 40.5. The van der Waals surface area contributed by atoms with Gasteiger partial charge in [0.1, 0.15) is 5.75 Å². The first-order chi connectivity index (χ1) is 8.28. The third-order valence-electron chi connectivity index (χ3n) is 2.32. The number of benzene rings is 1. The van der Waals surface area contributed by atoms with Gasteiger partial charge in [-0.3, -0.25) is 4.79 Å². The molecule has 0 saturated carbocycles. The van der Waals surface area contributed by atoms with E-state index in [1.54, 1.807) is 6.92 Å². The van der Waals surface area contributed by atoms with Crippen LogP contribution in [-0.4, -0.2) is 11.3 Å². The number of hydrogen-bond acceptors (Lipinski definition) is 2. The molecule has 0 radical (unpaired) electrons. The predicted octanol–water partition coefficient (Wildman–Crippen LogP) is 3.34. The van der Waals surface area contributed by atoms with E-state index >= 15 is 0 Å². The van der Waals surface area contributed by atoms with Crippen LogP contribution in [0.4, 0.5) is 13.2 Å². The number of halogens is 4. The largest absolute Gasteiger partial charge is 0.573 e. The number of fused-ring (bicyclic) bond motifs is 1. The van der Waals surface area contributed by atoms with Gasteiger partial charge in [-0.25, -0.2) is 0 Å². The lowest BCUT2D eigenvalue weighted by Gasteiger charge is -2.10. The third kappa shape index (κ3) is 2.60. The van der Waals surface area contributed by atoms with Crippen LogP contribution in [0.3, 0.4) is 0 Å². The second-order valence-corrected chi connectivity index (χ2v) is 4.73. The molecule has 2 rings (SSSR count). The van der Waals surface area contributed by atoms with Gasteiger partial charge >= 0.3 is 6.36 Å². The molecular formula is C11H7F3INO2. The fraction of sp³-hybridized carbons (Fsp3) is 0.182. The van der Waals surface area contributed by atoms with Crippen LogP contribution >= 0.6 is 22.6 Å². The van der Waals surface area contributed by atoms with Gasteiger partial charge in [0.2, 0.25) is 5.43 Å². The van der Waals surface area contributed by atoms with Gasteiger partial charge in [0.05, 0.1) is 8.96 Å². The highest BCUT2D eigenvalue weighted by atomic mass is 127. The molecule has 0 aliphatic heterocycles. The highest BCUT2D eigenvalue weighted by Crippen LogP contribution is 2.25. The van der Waals surface area contributed by atoms with E-state index < -0.39 is 12.1 Å². The fourth-order valence-electron chi connectivity index (χ4n) is 1.56. The molecule has 2 aromatic rings. The summed E-state index contributed by atoms with van der Waals surface area (Å²) in [4.78, 5) is 14.8. The molecule has 18 heavy (non-hydrogen) atoms. The zero-order chi connectivity index (χ0) is 13.5. The van der Waals surface area contributed by atoms with Crippen LogP contribution in [0, 0.1) is 10.5 Å². The maximum Gasteiger partial charge on any atom is 0.573 e. The number of rotatable bonds is 1. The van der Waals surface area contributed by atoms with Crippen LogP contribution in [0.25, 0.3) is 10.9 Å². The Morgan fingerprint density at radius 1 is 1.33 bits per heavy atom. The molecule has 3 nitrogen and oxygen atoms in total. The van der Waals surface area contributed by atoms with E-state index in [1.165, 1.54) is 6.07 Å². The molecule has 0 saturated heterocycles. The molecule has 0 aliphatic carbocycles. The van der Waals surface area contributed by atoms with Crippen molar-refractivity contribution >= 4 is 33.5 Å². The minimum absolute atomic E-state index is 0.173. The molecule has 1 aromatic carbocycles.